The van der Waals surface area contributed by atoms with Crippen LogP contribution in [0.15, 0.2) is 21.7 Å². The van der Waals surface area contributed by atoms with Crippen LogP contribution in [0.2, 0.25) is 0 Å². The number of hydrogen-bond donors (Lipinski definition) is 3. The van der Waals surface area contributed by atoms with E-state index in [9.17, 15) is 22.8 Å². The van der Waals surface area contributed by atoms with Gasteiger partial charge < -0.3 is 10.4 Å². The van der Waals surface area contributed by atoms with Crippen LogP contribution >= 0.6 is 0 Å². The Morgan fingerprint density at radius 2 is 1.77 bits per heavy atom. The van der Waals surface area contributed by atoms with Crippen LogP contribution in [0.25, 0.3) is 11.0 Å². The molecule has 0 aliphatic carbocycles. The van der Waals surface area contributed by atoms with E-state index in [2.05, 4.69) is 20.9 Å². The zero-order chi connectivity index (χ0) is 23.0. The zero-order valence-electron chi connectivity index (χ0n) is 17.3. The van der Waals surface area contributed by atoms with Gasteiger partial charge in [0.05, 0.1) is 5.69 Å². The number of unbranched alkanes of at least 4 members (excludes halogenated alkanes) is 2. The van der Waals surface area contributed by atoms with E-state index >= 15 is 0 Å². The van der Waals surface area contributed by atoms with Crippen molar-refractivity contribution in [1.82, 2.24) is 19.9 Å². The summed E-state index contributed by atoms with van der Waals surface area (Å²) in [5.41, 5.74) is 1.16. The number of rotatable bonds is 9. The number of aliphatic carboxylic acids is 1. The van der Waals surface area contributed by atoms with E-state index in [1.807, 2.05) is 0 Å². The molecule has 1 aliphatic rings. The van der Waals surface area contributed by atoms with E-state index in [4.69, 9.17) is 9.74 Å². The molecule has 13 heteroatoms. The summed E-state index contributed by atoms with van der Waals surface area (Å²) in [5.74, 6) is -1.09. The molecule has 170 valence electrons. The number of fused-ring (bicyclic) bond motifs is 1. The Bertz CT molecular complexity index is 1030. The van der Waals surface area contributed by atoms with Crippen LogP contribution in [0.1, 0.15) is 38.5 Å². The number of imide groups is 1. The topological polar surface area (TPSA) is 172 Å². The summed E-state index contributed by atoms with van der Waals surface area (Å²) in [7, 11) is -0.759. The quantitative estimate of drug-likeness (QED) is 0.365. The second-order valence-electron chi connectivity index (χ2n) is 6.96. The molecule has 2 aromatic rings. The fraction of sp³-hybridized carbons (Fsp3) is 0.500. The number of anilines is 1. The van der Waals surface area contributed by atoms with Gasteiger partial charge in [-0.1, -0.05) is 6.42 Å². The van der Waals surface area contributed by atoms with Crippen molar-refractivity contribution in [2.24, 2.45) is 0 Å². The van der Waals surface area contributed by atoms with Crippen molar-refractivity contribution in [3.8, 4) is 0 Å². The molecule has 0 spiro atoms. The van der Waals surface area contributed by atoms with Crippen molar-refractivity contribution in [2.45, 2.75) is 43.4 Å². The van der Waals surface area contributed by atoms with Gasteiger partial charge in [0.1, 0.15) is 4.90 Å². The van der Waals surface area contributed by atoms with E-state index < -0.39 is 16.0 Å². The summed E-state index contributed by atoms with van der Waals surface area (Å²) in [6.07, 6.45) is 3.11. The smallest absolute Gasteiger partial charge is 0.303 e. The molecule has 0 saturated carbocycles. The van der Waals surface area contributed by atoms with Crippen molar-refractivity contribution in [3.63, 3.8) is 0 Å². The summed E-state index contributed by atoms with van der Waals surface area (Å²) in [5, 5.41) is 21.4. The van der Waals surface area contributed by atoms with E-state index in [1.165, 1.54) is 20.2 Å². The number of carbonyl (C=O) groups is 3. The predicted molar refractivity (Wildman–Crippen MR) is 110 cm³/mol. The van der Waals surface area contributed by atoms with Crippen LogP contribution in [0.3, 0.4) is 0 Å². The molecule has 3 rings (SSSR count). The van der Waals surface area contributed by atoms with Gasteiger partial charge in [-0.25, -0.2) is 17.4 Å². The van der Waals surface area contributed by atoms with Gasteiger partial charge in [-0.15, -0.1) is 0 Å². The maximum atomic E-state index is 12.3. The maximum Gasteiger partial charge on any atom is 0.303 e. The molecule has 0 bridgehead atoms. The second-order valence-corrected chi connectivity index (χ2v) is 9.08. The van der Waals surface area contributed by atoms with E-state index in [1.54, 1.807) is 6.07 Å². The Morgan fingerprint density at radius 3 is 2.32 bits per heavy atom. The number of carboxylic acids is 1. The molecule has 1 fully saturated rings. The minimum Gasteiger partial charge on any atom is -0.481 e. The molecule has 0 radical (unpaired) electrons. The number of benzene rings is 1. The van der Waals surface area contributed by atoms with Gasteiger partial charge in [0, 0.05) is 39.9 Å². The van der Waals surface area contributed by atoms with E-state index in [0.29, 0.717) is 37.0 Å². The lowest BCUT2D eigenvalue weighted by molar-refractivity contribution is -0.137. The Hall–Kier alpha value is -3.06. The van der Waals surface area contributed by atoms with E-state index in [0.717, 1.165) is 17.1 Å². The molecule has 2 heterocycles. The molecule has 12 nitrogen and oxygen atoms in total. The third kappa shape index (κ3) is 6.72. The van der Waals surface area contributed by atoms with Crippen molar-refractivity contribution in [1.29, 1.82) is 0 Å². The van der Waals surface area contributed by atoms with Crippen LogP contribution in [-0.4, -0.2) is 66.6 Å². The highest BCUT2D eigenvalue weighted by atomic mass is 32.2. The number of hydrogen-bond acceptors (Lipinski definition) is 9. The molecular weight excluding hydrogens is 430 g/mol. The summed E-state index contributed by atoms with van der Waals surface area (Å²) in [6.45, 7) is 0.612. The Labute approximate surface area is 179 Å². The summed E-state index contributed by atoms with van der Waals surface area (Å²) in [4.78, 5) is 30.7. The highest BCUT2D eigenvalue weighted by Crippen LogP contribution is 2.28. The summed E-state index contributed by atoms with van der Waals surface area (Å²) in [6, 6.07) is 3.09. The average Bonchev–Trinajstić information content (AvgIpc) is 3.33. The molecule has 1 aliphatic heterocycles. The Morgan fingerprint density at radius 1 is 1.13 bits per heavy atom. The van der Waals surface area contributed by atoms with Crippen LogP contribution in [0, 0.1) is 0 Å². The number of carboxylic acid groups (broad SMARTS) is 1. The molecular formula is C18H25N5O7S. The minimum atomic E-state index is -3.64. The normalized spacial score (nSPS) is 13.8. The Kier molecular flexibility index (Phi) is 8.45. The molecule has 1 aromatic heterocycles. The van der Waals surface area contributed by atoms with Gasteiger partial charge in [-0.2, -0.15) is 0 Å². The van der Waals surface area contributed by atoms with Gasteiger partial charge in [0.2, 0.25) is 21.8 Å². The monoisotopic (exact) mass is 455 g/mol. The van der Waals surface area contributed by atoms with Crippen molar-refractivity contribution in [3.05, 3.63) is 12.1 Å². The third-order valence-electron chi connectivity index (χ3n) is 4.38. The molecule has 3 N–H and O–H groups in total. The standard InChI is InChI=1S/C14H20N4O5S.C4H5NO2/c1-18(2)24(21,22)11-8-7-10(13-14(11)17-23-16-13)15-9-5-3-4-6-12(19)20;6-3-1-2-4(7)5-3/h7-8,15H,3-6,9H2,1-2H3,(H,19,20);1-2H2,(H,5,6,7). The zero-order valence-corrected chi connectivity index (χ0v) is 18.1. The average molecular weight is 455 g/mol. The van der Waals surface area contributed by atoms with Gasteiger partial charge >= 0.3 is 5.97 Å². The SMILES string of the molecule is CN(C)S(=O)(=O)c1ccc(NCCCCCC(=O)O)c2nonc12.O=C1CCC(=O)N1. The number of carbonyl (C=O) groups excluding carboxylic acids is 2. The lowest BCUT2D eigenvalue weighted by Gasteiger charge is -2.12. The minimum absolute atomic E-state index is 0.0377. The van der Waals surface area contributed by atoms with E-state index in [-0.39, 0.29) is 28.6 Å². The van der Waals surface area contributed by atoms with Gasteiger partial charge in [-0.3, -0.25) is 19.7 Å². The molecule has 0 atom stereocenters. The molecule has 0 unspecified atom stereocenters. The third-order valence-corrected chi connectivity index (χ3v) is 6.22. The lowest BCUT2D eigenvalue weighted by atomic mass is 10.2. The second kappa shape index (κ2) is 10.8. The first-order valence-electron chi connectivity index (χ1n) is 9.59. The van der Waals surface area contributed by atoms with Crippen LogP contribution in [-0.2, 0) is 24.4 Å². The highest BCUT2D eigenvalue weighted by molar-refractivity contribution is 7.89. The Balaban J connectivity index is 0.000000412. The van der Waals surface area contributed by atoms with Gasteiger partial charge in [0.25, 0.3) is 0 Å². The highest BCUT2D eigenvalue weighted by Gasteiger charge is 2.24. The van der Waals surface area contributed by atoms with Crippen molar-refractivity contribution >= 4 is 44.5 Å². The van der Waals surface area contributed by atoms with Gasteiger partial charge in [0.15, 0.2) is 11.0 Å². The van der Waals surface area contributed by atoms with Gasteiger partial charge in [-0.05, 0) is 35.3 Å². The molecule has 1 saturated heterocycles. The number of nitrogens with one attached hydrogen (secondary N) is 2. The molecule has 1 aromatic carbocycles. The van der Waals surface area contributed by atoms with Crippen molar-refractivity contribution in [2.75, 3.05) is 26.0 Å². The number of sulfonamides is 1. The fourth-order valence-electron chi connectivity index (χ4n) is 2.70. The summed E-state index contributed by atoms with van der Waals surface area (Å²) < 4.78 is 30.4. The number of nitrogens with zero attached hydrogens (tertiary/aromatic N) is 3. The first-order valence-corrected chi connectivity index (χ1v) is 11.0. The molecule has 31 heavy (non-hydrogen) atoms. The van der Waals surface area contributed by atoms with Crippen LogP contribution < -0.4 is 10.6 Å². The predicted octanol–water partition coefficient (Wildman–Crippen LogP) is 0.953. The van der Waals surface area contributed by atoms with Crippen LogP contribution in [0.5, 0.6) is 0 Å². The lowest BCUT2D eigenvalue weighted by Crippen LogP contribution is -2.22. The number of amides is 2. The summed E-state index contributed by atoms with van der Waals surface area (Å²) >= 11 is 0. The largest absolute Gasteiger partial charge is 0.481 e. The molecule has 2 amide bonds. The van der Waals surface area contributed by atoms with Crippen LogP contribution in [0.4, 0.5) is 5.69 Å². The van der Waals surface area contributed by atoms with Crippen molar-refractivity contribution < 1.29 is 32.5 Å². The maximum absolute atomic E-state index is 12.3. The first kappa shape index (κ1) is 24.2. The number of aromatic nitrogens is 2. The first-order chi connectivity index (χ1) is 14.6. The fourth-order valence-corrected chi connectivity index (χ4v) is 3.71.